The lowest BCUT2D eigenvalue weighted by atomic mass is 10.0. The Morgan fingerprint density at radius 2 is 1.65 bits per heavy atom. The highest BCUT2D eigenvalue weighted by molar-refractivity contribution is 8.12. The summed E-state index contributed by atoms with van der Waals surface area (Å²) in [6.07, 6.45) is -0.508. The third-order valence-corrected chi connectivity index (χ3v) is 6.33. The predicted molar refractivity (Wildman–Crippen MR) is 141 cm³/mol. The van der Waals surface area contributed by atoms with Crippen molar-refractivity contribution in [3.8, 4) is 0 Å². The van der Waals surface area contributed by atoms with Gasteiger partial charge in [0.05, 0.1) is 39.1 Å². The molecular weight excluding hydrogens is 548 g/mol. The smallest absolute Gasteiger partial charge is 0.387 e. The molecule has 3 atom stereocenters. The van der Waals surface area contributed by atoms with E-state index in [2.05, 4.69) is 30.7 Å². The van der Waals surface area contributed by atoms with Crippen LogP contribution in [-0.4, -0.2) is 79.7 Å². The molecule has 218 valence electrons. The predicted octanol–water partition coefficient (Wildman–Crippen LogP) is -1.85. The van der Waals surface area contributed by atoms with Crippen molar-refractivity contribution in [1.82, 2.24) is 26.0 Å². The number of carbonyl (C=O) groups excluding carboxylic acids is 7. The minimum atomic E-state index is -1.18. The number of esters is 1. The fourth-order valence-electron chi connectivity index (χ4n) is 3.63. The zero-order chi connectivity index (χ0) is 29.7. The van der Waals surface area contributed by atoms with Crippen molar-refractivity contribution in [2.45, 2.75) is 50.4 Å². The molecule has 1 saturated heterocycles. The minimum Gasteiger partial charge on any atom is -0.467 e. The van der Waals surface area contributed by atoms with E-state index >= 15 is 0 Å². The van der Waals surface area contributed by atoms with Crippen molar-refractivity contribution >= 4 is 52.8 Å². The highest BCUT2D eigenvalue weighted by Crippen LogP contribution is 2.10. The largest absolute Gasteiger partial charge is 0.467 e. The third-order valence-electron chi connectivity index (χ3n) is 5.66. The Morgan fingerprint density at radius 3 is 2.33 bits per heavy atom. The van der Waals surface area contributed by atoms with Crippen LogP contribution < -0.4 is 31.7 Å². The summed E-state index contributed by atoms with van der Waals surface area (Å²) in [6, 6.07) is 4.05. The molecule has 0 aromatic heterocycles. The molecule has 16 heteroatoms. The van der Waals surface area contributed by atoms with Gasteiger partial charge in [0.15, 0.2) is 0 Å². The van der Waals surface area contributed by atoms with Gasteiger partial charge in [0.2, 0.25) is 29.5 Å². The van der Waals surface area contributed by atoms with Gasteiger partial charge in [0, 0.05) is 19.4 Å². The number of nitrogens with one attached hydrogen (secondary N) is 5. The van der Waals surface area contributed by atoms with Crippen molar-refractivity contribution in [1.29, 1.82) is 0 Å². The van der Waals surface area contributed by atoms with Gasteiger partial charge in [-0.15, -0.1) is 0 Å². The summed E-state index contributed by atoms with van der Waals surface area (Å²) >= 11 is 0.398. The molecule has 1 aliphatic rings. The Bertz CT molecular complexity index is 1130. The van der Waals surface area contributed by atoms with Gasteiger partial charge in [0.25, 0.3) is 0 Å². The molecule has 0 saturated carbocycles. The van der Waals surface area contributed by atoms with E-state index in [1.54, 1.807) is 12.1 Å². The quantitative estimate of drug-likeness (QED) is 0.119. The summed E-state index contributed by atoms with van der Waals surface area (Å²) < 4.78 is 11.3. The SMILES string of the molecule is COC(=O)SNC(=O)CNC(=O)C[C@H]1NC(=O)C(CCC(=O)NC(Cc2cccc(CN)c2)C(=O)OC)NC1=O. The summed E-state index contributed by atoms with van der Waals surface area (Å²) in [5, 5.41) is 9.01. The fraction of sp³-hybridized carbons (Fsp3) is 0.458. The molecule has 7 N–H and O–H groups in total. The highest BCUT2D eigenvalue weighted by atomic mass is 32.2. The number of carbonyl (C=O) groups is 7. The normalized spacial score (nSPS) is 17.0. The van der Waals surface area contributed by atoms with E-state index in [1.165, 1.54) is 7.11 Å². The Morgan fingerprint density at radius 1 is 0.975 bits per heavy atom. The van der Waals surface area contributed by atoms with Gasteiger partial charge >= 0.3 is 11.3 Å². The summed E-state index contributed by atoms with van der Waals surface area (Å²) in [6.45, 7) is -0.146. The monoisotopic (exact) mass is 580 g/mol. The van der Waals surface area contributed by atoms with Gasteiger partial charge in [-0.2, -0.15) is 0 Å². The third kappa shape index (κ3) is 10.5. The van der Waals surface area contributed by atoms with Crippen LogP contribution in [0.5, 0.6) is 0 Å². The van der Waals surface area contributed by atoms with Gasteiger partial charge < -0.3 is 36.5 Å². The Labute approximate surface area is 234 Å². The summed E-state index contributed by atoms with van der Waals surface area (Å²) in [5.41, 5.74) is 7.29. The van der Waals surface area contributed by atoms with E-state index in [-0.39, 0.29) is 19.3 Å². The van der Waals surface area contributed by atoms with Gasteiger partial charge in [-0.1, -0.05) is 24.3 Å². The molecular formula is C24H32N6O9S. The highest BCUT2D eigenvalue weighted by Gasteiger charge is 2.35. The average molecular weight is 581 g/mol. The minimum absolute atomic E-state index is 0.0586. The van der Waals surface area contributed by atoms with Gasteiger partial charge in [-0.25, -0.2) is 9.59 Å². The number of piperazine rings is 1. The maximum atomic E-state index is 12.6. The standard InChI is InChI=1S/C24H32N6O9S/c1-38-23(36)17(9-13-4-3-5-14(8-13)11-25)27-18(31)7-6-15-21(34)29-16(22(35)28-15)10-19(32)26-12-20(33)30-40-24(37)39-2/h3-5,8,15-17H,6-7,9-12,25H2,1-2H3,(H,26,32)(H,27,31)(H,28,35)(H,29,34)(H,30,33)/t15?,16-,17?/m1/s1. The lowest BCUT2D eigenvalue weighted by Crippen LogP contribution is -2.62. The van der Waals surface area contributed by atoms with E-state index < -0.39 is 71.9 Å². The first-order valence-electron chi connectivity index (χ1n) is 12.1. The maximum absolute atomic E-state index is 12.6. The molecule has 1 aromatic carbocycles. The van der Waals surface area contributed by atoms with Crippen LogP contribution in [0.15, 0.2) is 24.3 Å². The second kappa shape index (κ2) is 16.0. The number of ether oxygens (including phenoxy) is 2. The van der Waals surface area contributed by atoms with E-state index in [4.69, 9.17) is 10.5 Å². The molecule has 5 amide bonds. The van der Waals surface area contributed by atoms with Crippen LogP contribution >= 0.6 is 11.9 Å². The lowest BCUT2D eigenvalue weighted by molar-refractivity contribution is -0.145. The molecule has 2 unspecified atom stereocenters. The van der Waals surface area contributed by atoms with E-state index in [1.807, 2.05) is 12.1 Å². The molecule has 1 aromatic rings. The first-order chi connectivity index (χ1) is 19.1. The van der Waals surface area contributed by atoms with Crippen LogP contribution in [0, 0.1) is 0 Å². The van der Waals surface area contributed by atoms with Crippen LogP contribution in [0.1, 0.15) is 30.4 Å². The number of hydrogen-bond acceptors (Lipinski definition) is 11. The molecule has 0 spiro atoms. The first kappa shape index (κ1) is 32.0. The van der Waals surface area contributed by atoms with Crippen molar-refractivity contribution < 1.29 is 43.0 Å². The van der Waals surface area contributed by atoms with Crippen molar-refractivity contribution in [2.24, 2.45) is 5.73 Å². The average Bonchev–Trinajstić information content (AvgIpc) is 2.94. The Hall–Kier alpha value is -4.18. The molecule has 0 radical (unpaired) electrons. The molecule has 1 aliphatic heterocycles. The molecule has 15 nitrogen and oxygen atoms in total. The van der Waals surface area contributed by atoms with Crippen LogP contribution in [0.2, 0.25) is 0 Å². The molecule has 1 fully saturated rings. The fourth-order valence-corrected chi connectivity index (χ4v) is 3.98. The second-order valence-corrected chi connectivity index (χ2v) is 9.34. The van der Waals surface area contributed by atoms with Gasteiger partial charge in [-0.3, -0.25) is 28.7 Å². The summed E-state index contributed by atoms with van der Waals surface area (Å²) in [5.74, 6) is -3.78. The summed E-state index contributed by atoms with van der Waals surface area (Å²) in [4.78, 5) is 84.4. The van der Waals surface area contributed by atoms with Crippen molar-refractivity contribution in [3.05, 3.63) is 35.4 Å². The van der Waals surface area contributed by atoms with E-state index in [9.17, 15) is 33.6 Å². The van der Waals surface area contributed by atoms with E-state index in [0.29, 0.717) is 18.5 Å². The molecule has 2 rings (SSSR count). The second-order valence-electron chi connectivity index (χ2n) is 8.59. The first-order valence-corrected chi connectivity index (χ1v) is 12.9. The number of nitrogens with two attached hydrogens (primary N) is 1. The van der Waals surface area contributed by atoms with Crippen LogP contribution in [0.25, 0.3) is 0 Å². The lowest BCUT2D eigenvalue weighted by Gasteiger charge is -2.29. The van der Waals surface area contributed by atoms with Crippen LogP contribution in [-0.2, 0) is 51.2 Å². The number of methoxy groups -OCH3 is 2. The maximum Gasteiger partial charge on any atom is 0.387 e. The Kier molecular flexibility index (Phi) is 12.9. The van der Waals surface area contributed by atoms with Crippen molar-refractivity contribution in [2.75, 3.05) is 20.8 Å². The van der Waals surface area contributed by atoms with Crippen LogP contribution in [0.4, 0.5) is 4.79 Å². The molecule has 1 heterocycles. The van der Waals surface area contributed by atoms with Gasteiger partial charge in [-0.05, 0) is 17.5 Å². The topological polar surface area (TPSA) is 224 Å². The van der Waals surface area contributed by atoms with E-state index in [0.717, 1.165) is 18.2 Å². The summed E-state index contributed by atoms with van der Waals surface area (Å²) in [7, 11) is 2.34. The number of hydrogen-bond donors (Lipinski definition) is 6. The van der Waals surface area contributed by atoms with Gasteiger partial charge in [0.1, 0.15) is 18.1 Å². The molecule has 0 bridgehead atoms. The molecule has 0 aliphatic carbocycles. The number of amides is 5. The Balaban J connectivity index is 1.81. The zero-order valence-electron chi connectivity index (χ0n) is 21.9. The molecule has 40 heavy (non-hydrogen) atoms. The van der Waals surface area contributed by atoms with Crippen molar-refractivity contribution in [3.63, 3.8) is 0 Å². The number of benzene rings is 1. The number of rotatable bonds is 12. The zero-order valence-corrected chi connectivity index (χ0v) is 22.8. The van der Waals surface area contributed by atoms with Crippen LogP contribution in [0.3, 0.4) is 0 Å².